The van der Waals surface area contributed by atoms with Crippen LogP contribution in [-0.4, -0.2) is 35.6 Å². The van der Waals surface area contributed by atoms with Crippen LogP contribution in [0.1, 0.15) is 31.9 Å². The highest BCUT2D eigenvalue weighted by molar-refractivity contribution is 7.13. The number of piperidine rings is 1. The highest BCUT2D eigenvalue weighted by atomic mass is 32.1. The molecule has 108 valence electrons. The highest BCUT2D eigenvalue weighted by Gasteiger charge is 2.34. The highest BCUT2D eigenvalue weighted by Crippen LogP contribution is 2.32. The van der Waals surface area contributed by atoms with E-state index >= 15 is 0 Å². The van der Waals surface area contributed by atoms with Crippen molar-refractivity contribution in [1.82, 2.24) is 9.88 Å². The van der Waals surface area contributed by atoms with Gasteiger partial charge in [0, 0.05) is 24.5 Å². The number of hydrogen-bond acceptors (Lipinski definition) is 4. The molecule has 0 atom stereocenters. The maximum Gasteiger partial charge on any atom is 0.434 e. The number of alkyl halides is 3. The Morgan fingerprint density at radius 2 is 2.11 bits per heavy atom. The number of likely N-dealkylation sites (tertiary alicyclic amines) is 1. The van der Waals surface area contributed by atoms with Crippen LogP contribution in [-0.2, 0) is 6.18 Å². The Labute approximate surface area is 114 Å². The molecule has 2 rings (SSSR count). The lowest BCUT2D eigenvalue weighted by atomic mass is 10.1. The van der Waals surface area contributed by atoms with Crippen molar-refractivity contribution in [2.24, 2.45) is 0 Å². The third kappa shape index (κ3) is 4.07. The van der Waals surface area contributed by atoms with E-state index in [0.29, 0.717) is 5.13 Å². The molecule has 2 heterocycles. The first-order valence-corrected chi connectivity index (χ1v) is 7.38. The molecule has 0 spiro atoms. The summed E-state index contributed by atoms with van der Waals surface area (Å²) in [6.07, 6.45) is -1.29. The molecule has 3 nitrogen and oxygen atoms in total. The topological polar surface area (TPSA) is 28.2 Å². The summed E-state index contributed by atoms with van der Waals surface area (Å²) in [6, 6.07) is 0.236. The second-order valence-corrected chi connectivity index (χ2v) is 5.65. The second-order valence-electron chi connectivity index (χ2n) is 4.80. The standard InChI is InChI=1S/C12H18F3N3S/c1-2-5-18-6-3-9(4-7-18)16-11-17-10(8-19-11)12(13,14)15/h8-9H,2-7H2,1H3,(H,16,17). The van der Waals surface area contributed by atoms with Crippen molar-refractivity contribution in [2.45, 2.75) is 38.4 Å². The maximum atomic E-state index is 12.4. The number of thiazole rings is 1. The zero-order valence-electron chi connectivity index (χ0n) is 10.8. The fourth-order valence-corrected chi connectivity index (χ4v) is 3.06. The SMILES string of the molecule is CCCN1CCC(Nc2nc(C(F)(F)F)cs2)CC1. The van der Waals surface area contributed by atoms with Gasteiger partial charge in [0.2, 0.25) is 0 Å². The molecule has 1 aromatic heterocycles. The van der Waals surface area contributed by atoms with E-state index in [-0.39, 0.29) is 6.04 Å². The van der Waals surface area contributed by atoms with Gasteiger partial charge in [-0.25, -0.2) is 4.98 Å². The van der Waals surface area contributed by atoms with Gasteiger partial charge in [-0.3, -0.25) is 0 Å². The molecule has 0 unspecified atom stereocenters. The van der Waals surface area contributed by atoms with Gasteiger partial charge in [0.25, 0.3) is 0 Å². The molecule has 0 saturated carbocycles. The Hall–Kier alpha value is -0.820. The van der Waals surface area contributed by atoms with Crippen molar-refractivity contribution in [3.05, 3.63) is 11.1 Å². The molecule has 1 aliphatic rings. The van der Waals surface area contributed by atoms with Crippen LogP contribution in [0.15, 0.2) is 5.38 Å². The van der Waals surface area contributed by atoms with Crippen molar-refractivity contribution in [2.75, 3.05) is 25.0 Å². The van der Waals surface area contributed by atoms with Crippen LogP contribution in [0.4, 0.5) is 18.3 Å². The molecule has 0 amide bonds. The van der Waals surface area contributed by atoms with Crippen LogP contribution < -0.4 is 5.32 Å². The predicted molar refractivity (Wildman–Crippen MR) is 70.5 cm³/mol. The number of aromatic nitrogens is 1. The summed E-state index contributed by atoms with van der Waals surface area (Å²) in [6.45, 7) is 5.26. The van der Waals surface area contributed by atoms with Gasteiger partial charge in [0.05, 0.1) is 0 Å². The Kier molecular flexibility index (Phi) is 4.67. The smallest absolute Gasteiger partial charge is 0.359 e. The Bertz CT molecular complexity index is 397. The summed E-state index contributed by atoms with van der Waals surface area (Å²) in [5.74, 6) is 0. The molecule has 0 bridgehead atoms. The minimum Gasteiger partial charge on any atom is -0.359 e. The van der Waals surface area contributed by atoms with E-state index in [1.807, 2.05) is 0 Å². The normalized spacial score (nSPS) is 18.7. The van der Waals surface area contributed by atoms with E-state index in [2.05, 4.69) is 22.1 Å². The molecule has 1 aromatic rings. The second kappa shape index (κ2) is 6.09. The van der Waals surface area contributed by atoms with Crippen LogP contribution in [0.5, 0.6) is 0 Å². The quantitative estimate of drug-likeness (QED) is 0.921. The zero-order chi connectivity index (χ0) is 13.9. The maximum absolute atomic E-state index is 12.4. The molecule has 1 aliphatic heterocycles. The van der Waals surface area contributed by atoms with E-state index < -0.39 is 11.9 Å². The summed E-state index contributed by atoms with van der Waals surface area (Å²) in [7, 11) is 0. The van der Waals surface area contributed by atoms with Gasteiger partial charge < -0.3 is 10.2 Å². The summed E-state index contributed by atoms with van der Waals surface area (Å²) >= 11 is 1.03. The average Bonchev–Trinajstić information content (AvgIpc) is 2.80. The molecule has 0 aliphatic carbocycles. The van der Waals surface area contributed by atoms with Crippen molar-refractivity contribution < 1.29 is 13.2 Å². The summed E-state index contributed by atoms with van der Waals surface area (Å²) in [4.78, 5) is 5.99. The van der Waals surface area contributed by atoms with Gasteiger partial charge in [-0.05, 0) is 25.8 Å². The monoisotopic (exact) mass is 293 g/mol. The number of anilines is 1. The van der Waals surface area contributed by atoms with Gasteiger partial charge >= 0.3 is 6.18 Å². The van der Waals surface area contributed by atoms with Crippen molar-refractivity contribution in [3.63, 3.8) is 0 Å². The van der Waals surface area contributed by atoms with E-state index in [9.17, 15) is 13.2 Å². The predicted octanol–water partition coefficient (Wildman–Crippen LogP) is 3.45. The van der Waals surface area contributed by atoms with E-state index in [4.69, 9.17) is 0 Å². The minimum absolute atomic E-state index is 0.236. The van der Waals surface area contributed by atoms with Crippen LogP contribution in [0.3, 0.4) is 0 Å². The average molecular weight is 293 g/mol. The van der Waals surface area contributed by atoms with Crippen LogP contribution in [0.25, 0.3) is 0 Å². The van der Waals surface area contributed by atoms with Crippen LogP contribution >= 0.6 is 11.3 Å². The molecule has 7 heteroatoms. The first kappa shape index (κ1) is 14.6. The van der Waals surface area contributed by atoms with Gasteiger partial charge in [0.15, 0.2) is 10.8 Å². The fourth-order valence-electron chi connectivity index (χ4n) is 2.26. The van der Waals surface area contributed by atoms with E-state index in [1.165, 1.54) is 0 Å². The number of nitrogens with zero attached hydrogens (tertiary/aromatic N) is 2. The molecule has 1 N–H and O–H groups in total. The molecule has 0 radical (unpaired) electrons. The fraction of sp³-hybridized carbons (Fsp3) is 0.750. The zero-order valence-corrected chi connectivity index (χ0v) is 11.7. The Morgan fingerprint density at radius 1 is 1.42 bits per heavy atom. The number of hydrogen-bond donors (Lipinski definition) is 1. The Morgan fingerprint density at radius 3 is 2.63 bits per heavy atom. The van der Waals surface area contributed by atoms with Crippen molar-refractivity contribution >= 4 is 16.5 Å². The van der Waals surface area contributed by atoms with Crippen molar-refractivity contribution in [1.29, 1.82) is 0 Å². The molecular weight excluding hydrogens is 275 g/mol. The van der Waals surface area contributed by atoms with Crippen LogP contribution in [0, 0.1) is 0 Å². The summed E-state index contributed by atoms with van der Waals surface area (Å²) in [5.41, 5.74) is -0.802. The molecule has 1 fully saturated rings. The lowest BCUT2D eigenvalue weighted by molar-refractivity contribution is -0.140. The first-order valence-electron chi connectivity index (χ1n) is 6.50. The van der Waals surface area contributed by atoms with E-state index in [0.717, 1.165) is 55.6 Å². The lowest BCUT2D eigenvalue weighted by Gasteiger charge is -2.31. The molecule has 19 heavy (non-hydrogen) atoms. The van der Waals surface area contributed by atoms with Gasteiger partial charge in [-0.15, -0.1) is 11.3 Å². The summed E-state index contributed by atoms with van der Waals surface area (Å²) in [5, 5.41) is 4.56. The van der Waals surface area contributed by atoms with Gasteiger partial charge in [-0.1, -0.05) is 6.92 Å². The third-order valence-corrected chi connectivity index (χ3v) is 4.02. The summed E-state index contributed by atoms with van der Waals surface area (Å²) < 4.78 is 37.3. The molecular formula is C12H18F3N3S. The molecule has 1 saturated heterocycles. The Balaban J connectivity index is 1.84. The number of rotatable bonds is 4. The number of halogens is 3. The van der Waals surface area contributed by atoms with Crippen molar-refractivity contribution in [3.8, 4) is 0 Å². The minimum atomic E-state index is -4.35. The first-order chi connectivity index (χ1) is 8.99. The third-order valence-electron chi connectivity index (χ3n) is 3.25. The van der Waals surface area contributed by atoms with Gasteiger partial charge in [0.1, 0.15) is 0 Å². The van der Waals surface area contributed by atoms with Gasteiger partial charge in [-0.2, -0.15) is 13.2 Å². The van der Waals surface area contributed by atoms with E-state index in [1.54, 1.807) is 0 Å². The largest absolute Gasteiger partial charge is 0.434 e. The number of nitrogens with one attached hydrogen (secondary N) is 1. The molecule has 0 aromatic carbocycles. The lowest BCUT2D eigenvalue weighted by Crippen LogP contribution is -2.39. The van der Waals surface area contributed by atoms with Crippen LogP contribution in [0.2, 0.25) is 0 Å².